The number of benzene rings is 2. The minimum absolute atomic E-state index is 0.206. The highest BCUT2D eigenvalue weighted by molar-refractivity contribution is 7.92. The molecule has 1 N–H and O–H groups in total. The number of hydrogen-bond acceptors (Lipinski definition) is 5. The SMILES string of the molecule is C[C@H]1CCCN(c2nc3ccccc3nc2NS(=O)(=O)c2ccccc2)C1. The Bertz CT molecular complexity index is 1050. The Morgan fingerprint density at radius 3 is 2.37 bits per heavy atom. The predicted molar refractivity (Wildman–Crippen MR) is 107 cm³/mol. The molecule has 0 amide bonds. The Hall–Kier alpha value is -2.67. The Morgan fingerprint density at radius 1 is 1.00 bits per heavy atom. The quantitative estimate of drug-likeness (QED) is 0.745. The molecule has 0 spiro atoms. The second kappa shape index (κ2) is 7.15. The Labute approximate surface area is 159 Å². The Balaban J connectivity index is 1.79. The van der Waals surface area contributed by atoms with Crippen molar-refractivity contribution < 1.29 is 8.42 Å². The molecule has 27 heavy (non-hydrogen) atoms. The number of anilines is 2. The molecule has 2 heterocycles. The van der Waals surface area contributed by atoms with Crippen LogP contribution in [0.5, 0.6) is 0 Å². The molecular formula is C20H22N4O2S. The minimum atomic E-state index is -3.74. The Morgan fingerprint density at radius 2 is 1.67 bits per heavy atom. The third-order valence-corrected chi connectivity index (χ3v) is 6.15. The monoisotopic (exact) mass is 382 g/mol. The zero-order chi connectivity index (χ0) is 18.9. The fourth-order valence-corrected chi connectivity index (χ4v) is 4.47. The van der Waals surface area contributed by atoms with Gasteiger partial charge < -0.3 is 4.90 Å². The van der Waals surface area contributed by atoms with Crippen LogP contribution in [-0.2, 0) is 10.0 Å². The molecule has 1 aliphatic heterocycles. The van der Waals surface area contributed by atoms with E-state index in [0.717, 1.165) is 25.0 Å². The molecule has 0 aliphatic carbocycles. The van der Waals surface area contributed by atoms with E-state index in [1.807, 2.05) is 24.3 Å². The summed E-state index contributed by atoms with van der Waals surface area (Å²) in [6.45, 7) is 3.89. The largest absolute Gasteiger partial charge is 0.353 e. The maximum Gasteiger partial charge on any atom is 0.263 e. The molecule has 1 aliphatic rings. The van der Waals surface area contributed by atoms with Gasteiger partial charge >= 0.3 is 0 Å². The molecule has 4 rings (SSSR count). The third-order valence-electron chi connectivity index (χ3n) is 4.79. The number of nitrogens with one attached hydrogen (secondary N) is 1. The van der Waals surface area contributed by atoms with Crippen LogP contribution < -0.4 is 9.62 Å². The van der Waals surface area contributed by atoms with Crippen molar-refractivity contribution in [2.75, 3.05) is 22.7 Å². The Kier molecular flexibility index (Phi) is 4.70. The molecule has 1 aromatic heterocycles. The first-order chi connectivity index (χ1) is 13.0. The lowest BCUT2D eigenvalue weighted by atomic mass is 10.0. The number of piperidine rings is 1. The van der Waals surface area contributed by atoms with Gasteiger partial charge in [-0.15, -0.1) is 0 Å². The van der Waals surface area contributed by atoms with E-state index in [-0.39, 0.29) is 10.7 Å². The van der Waals surface area contributed by atoms with Gasteiger partial charge in [-0.25, -0.2) is 18.4 Å². The topological polar surface area (TPSA) is 75.2 Å². The summed E-state index contributed by atoms with van der Waals surface area (Å²) < 4.78 is 28.3. The van der Waals surface area contributed by atoms with Crippen LogP contribution in [0.2, 0.25) is 0 Å². The van der Waals surface area contributed by atoms with Gasteiger partial charge in [0.1, 0.15) is 0 Å². The molecule has 3 aromatic rings. The van der Waals surface area contributed by atoms with E-state index in [1.165, 1.54) is 6.42 Å². The van der Waals surface area contributed by atoms with Gasteiger partial charge in [-0.2, -0.15) is 0 Å². The van der Waals surface area contributed by atoms with E-state index in [4.69, 9.17) is 4.98 Å². The standard InChI is InChI=1S/C20H22N4O2S/c1-15-8-7-13-24(14-15)20-19(21-17-11-5-6-12-18(17)22-20)23-27(25,26)16-9-3-2-4-10-16/h2-6,9-12,15H,7-8,13-14H2,1H3,(H,21,23)/t15-/m0/s1. The average molecular weight is 382 g/mol. The highest BCUT2D eigenvalue weighted by Crippen LogP contribution is 2.30. The summed E-state index contributed by atoms with van der Waals surface area (Å²) >= 11 is 0. The normalized spacial score (nSPS) is 17.8. The molecule has 1 atom stereocenters. The molecular weight excluding hydrogens is 360 g/mol. The summed E-state index contributed by atoms with van der Waals surface area (Å²) in [4.78, 5) is 11.7. The van der Waals surface area contributed by atoms with E-state index in [0.29, 0.717) is 17.3 Å². The van der Waals surface area contributed by atoms with Gasteiger partial charge in [0.15, 0.2) is 11.6 Å². The molecule has 0 unspecified atom stereocenters. The van der Waals surface area contributed by atoms with Crippen LogP contribution in [0.4, 0.5) is 11.6 Å². The van der Waals surface area contributed by atoms with Crippen molar-refractivity contribution in [2.24, 2.45) is 5.92 Å². The lowest BCUT2D eigenvalue weighted by molar-refractivity contribution is 0.445. The van der Waals surface area contributed by atoms with Crippen molar-refractivity contribution in [2.45, 2.75) is 24.7 Å². The first kappa shape index (κ1) is 17.7. The molecule has 0 radical (unpaired) electrons. The molecule has 1 fully saturated rings. The van der Waals surface area contributed by atoms with Crippen molar-refractivity contribution in [3.05, 3.63) is 54.6 Å². The molecule has 6 nitrogen and oxygen atoms in total. The van der Waals surface area contributed by atoms with Crippen molar-refractivity contribution >= 4 is 32.7 Å². The second-order valence-electron chi connectivity index (χ2n) is 7.00. The summed E-state index contributed by atoms with van der Waals surface area (Å²) in [6.07, 6.45) is 2.23. The zero-order valence-electron chi connectivity index (χ0n) is 15.2. The third kappa shape index (κ3) is 3.73. The van der Waals surface area contributed by atoms with Crippen LogP contribution in [0.15, 0.2) is 59.5 Å². The summed E-state index contributed by atoms with van der Waals surface area (Å²) in [5, 5.41) is 0. The molecule has 0 bridgehead atoms. The van der Waals surface area contributed by atoms with Gasteiger partial charge in [0.05, 0.1) is 15.9 Å². The lowest BCUT2D eigenvalue weighted by Crippen LogP contribution is -2.35. The van der Waals surface area contributed by atoms with Crippen molar-refractivity contribution in [3.63, 3.8) is 0 Å². The fourth-order valence-electron chi connectivity index (χ4n) is 3.45. The van der Waals surface area contributed by atoms with Crippen LogP contribution in [0.1, 0.15) is 19.8 Å². The highest BCUT2D eigenvalue weighted by atomic mass is 32.2. The summed E-state index contributed by atoms with van der Waals surface area (Å²) in [7, 11) is -3.74. The number of fused-ring (bicyclic) bond motifs is 1. The van der Waals surface area contributed by atoms with E-state index in [9.17, 15) is 8.42 Å². The number of para-hydroxylation sites is 2. The fraction of sp³-hybridized carbons (Fsp3) is 0.300. The molecule has 140 valence electrons. The van der Waals surface area contributed by atoms with Crippen LogP contribution in [0.3, 0.4) is 0 Å². The highest BCUT2D eigenvalue weighted by Gasteiger charge is 2.24. The van der Waals surface area contributed by atoms with Crippen molar-refractivity contribution in [3.8, 4) is 0 Å². The van der Waals surface area contributed by atoms with Crippen molar-refractivity contribution in [1.82, 2.24) is 9.97 Å². The van der Waals surface area contributed by atoms with Crippen LogP contribution in [-0.4, -0.2) is 31.5 Å². The van der Waals surface area contributed by atoms with Gasteiger partial charge in [-0.3, -0.25) is 4.72 Å². The molecule has 1 saturated heterocycles. The van der Waals surface area contributed by atoms with Gasteiger partial charge in [0, 0.05) is 13.1 Å². The summed E-state index contributed by atoms with van der Waals surface area (Å²) in [6, 6.07) is 15.8. The number of sulfonamides is 1. The smallest absolute Gasteiger partial charge is 0.263 e. The van der Waals surface area contributed by atoms with E-state index < -0.39 is 10.0 Å². The number of hydrogen-bond donors (Lipinski definition) is 1. The van der Waals surface area contributed by atoms with Crippen LogP contribution in [0, 0.1) is 5.92 Å². The van der Waals surface area contributed by atoms with E-state index >= 15 is 0 Å². The lowest BCUT2D eigenvalue weighted by Gasteiger charge is -2.32. The van der Waals surface area contributed by atoms with Crippen LogP contribution >= 0.6 is 0 Å². The van der Waals surface area contributed by atoms with Gasteiger partial charge in [-0.1, -0.05) is 37.3 Å². The molecule has 2 aromatic carbocycles. The predicted octanol–water partition coefficient (Wildman–Crippen LogP) is 3.67. The number of nitrogens with zero attached hydrogens (tertiary/aromatic N) is 3. The molecule has 0 saturated carbocycles. The second-order valence-corrected chi connectivity index (χ2v) is 8.68. The van der Waals surface area contributed by atoms with Gasteiger partial charge in [0.2, 0.25) is 0 Å². The first-order valence-corrected chi connectivity index (χ1v) is 10.6. The maximum absolute atomic E-state index is 12.8. The minimum Gasteiger partial charge on any atom is -0.353 e. The number of aromatic nitrogens is 2. The van der Waals surface area contributed by atoms with Crippen LogP contribution in [0.25, 0.3) is 11.0 Å². The van der Waals surface area contributed by atoms with Gasteiger partial charge in [-0.05, 0) is 43.0 Å². The molecule has 7 heteroatoms. The maximum atomic E-state index is 12.8. The number of rotatable bonds is 4. The summed E-state index contributed by atoms with van der Waals surface area (Å²) in [5.41, 5.74) is 1.42. The van der Waals surface area contributed by atoms with E-state index in [1.54, 1.807) is 30.3 Å². The van der Waals surface area contributed by atoms with E-state index in [2.05, 4.69) is 21.5 Å². The van der Waals surface area contributed by atoms with Gasteiger partial charge in [0.25, 0.3) is 10.0 Å². The zero-order valence-corrected chi connectivity index (χ0v) is 16.0. The average Bonchev–Trinajstić information content (AvgIpc) is 2.68. The van der Waals surface area contributed by atoms with Crippen molar-refractivity contribution in [1.29, 1.82) is 0 Å². The summed E-state index contributed by atoms with van der Waals surface area (Å²) in [5.74, 6) is 1.41. The first-order valence-electron chi connectivity index (χ1n) is 9.12.